The summed E-state index contributed by atoms with van der Waals surface area (Å²) in [6.07, 6.45) is 0. The minimum absolute atomic E-state index is 0.119. The molecule has 1 N–H and O–H groups in total. The average molecular weight is 286 g/mol. The first-order valence-electron chi connectivity index (χ1n) is 3.61. The van der Waals surface area contributed by atoms with Crippen molar-refractivity contribution in [2.45, 2.75) is 0 Å². The molecule has 0 bridgehead atoms. The summed E-state index contributed by atoms with van der Waals surface area (Å²) in [6, 6.07) is 7.41. The van der Waals surface area contributed by atoms with Gasteiger partial charge in [0.15, 0.2) is 0 Å². The van der Waals surface area contributed by atoms with Crippen LogP contribution in [0, 0.1) is 10.1 Å². The van der Waals surface area contributed by atoms with Crippen LogP contribution in [0.2, 0.25) is 0 Å². The molecule has 0 radical (unpaired) electrons. The lowest BCUT2D eigenvalue weighted by Gasteiger charge is -2.00. The van der Waals surface area contributed by atoms with Crippen LogP contribution in [-0.2, 0) is 4.79 Å². The van der Waals surface area contributed by atoms with Crippen LogP contribution in [0.4, 0.5) is 5.69 Å². The largest absolute Gasteiger partial charge is 0.320 e. The highest BCUT2D eigenvalue weighted by atomic mass is 127. The van der Waals surface area contributed by atoms with E-state index in [-0.39, 0.29) is 12.5 Å². The molecule has 66 valence electrons. The van der Waals surface area contributed by atoms with Crippen molar-refractivity contribution in [1.29, 1.82) is 0 Å². The van der Waals surface area contributed by atoms with E-state index in [4.69, 9.17) is 6.57 Å². The smallest absolute Gasteiger partial charge is 0.304 e. The van der Waals surface area contributed by atoms with Gasteiger partial charge < -0.3 is 10.2 Å². The normalized spacial score (nSPS) is 8.92. The third-order valence-corrected chi connectivity index (χ3v) is 2.07. The van der Waals surface area contributed by atoms with Crippen LogP contribution in [0.1, 0.15) is 0 Å². The predicted molar refractivity (Wildman–Crippen MR) is 59.3 cm³/mol. The molecule has 4 heteroatoms. The Balaban J connectivity index is 2.60. The second-order valence-corrected chi connectivity index (χ2v) is 3.62. The first-order chi connectivity index (χ1) is 6.22. The summed E-state index contributed by atoms with van der Waals surface area (Å²) in [6.45, 7) is 6.38. The van der Waals surface area contributed by atoms with Gasteiger partial charge in [0, 0.05) is 9.26 Å². The molecule has 0 aliphatic heterocycles. The van der Waals surface area contributed by atoms with Crippen LogP contribution >= 0.6 is 22.6 Å². The van der Waals surface area contributed by atoms with Gasteiger partial charge in [-0.05, 0) is 46.9 Å². The Morgan fingerprint density at radius 1 is 1.46 bits per heavy atom. The highest BCUT2D eigenvalue weighted by Gasteiger charge is 2.02. The third kappa shape index (κ3) is 3.42. The molecule has 3 nitrogen and oxygen atoms in total. The van der Waals surface area contributed by atoms with E-state index in [2.05, 4.69) is 32.8 Å². The molecule has 0 heterocycles. The van der Waals surface area contributed by atoms with Gasteiger partial charge in [-0.2, -0.15) is 0 Å². The minimum Gasteiger partial charge on any atom is -0.320 e. The van der Waals surface area contributed by atoms with E-state index in [0.717, 1.165) is 9.26 Å². The topological polar surface area (TPSA) is 33.5 Å². The van der Waals surface area contributed by atoms with E-state index in [9.17, 15) is 4.79 Å². The number of anilines is 1. The number of amides is 1. The van der Waals surface area contributed by atoms with E-state index in [0.29, 0.717) is 0 Å². The standard InChI is InChI=1S/C9H7IN2O/c1-11-6-9(13)12-8-4-2-7(10)3-5-8/h2-5H,6H2,(H,12,13). The Labute approximate surface area is 90.1 Å². The molecule has 0 unspecified atom stereocenters. The average Bonchev–Trinajstić information content (AvgIpc) is 2.09. The van der Waals surface area contributed by atoms with Crippen LogP contribution in [0.3, 0.4) is 0 Å². The maximum absolute atomic E-state index is 11.0. The Morgan fingerprint density at radius 2 is 2.08 bits per heavy atom. The molecule has 0 aliphatic rings. The summed E-state index contributed by atoms with van der Waals surface area (Å²) in [5, 5.41) is 2.61. The SMILES string of the molecule is [C-]#[N+]CC(=O)Nc1ccc(I)cc1. The van der Waals surface area contributed by atoms with Gasteiger partial charge in [-0.25, -0.2) is 6.57 Å². The van der Waals surface area contributed by atoms with Crippen LogP contribution < -0.4 is 5.32 Å². The monoisotopic (exact) mass is 286 g/mol. The van der Waals surface area contributed by atoms with Crippen molar-refractivity contribution in [3.8, 4) is 0 Å². The van der Waals surface area contributed by atoms with E-state index in [1.165, 1.54) is 0 Å². The summed E-state index contributed by atoms with van der Waals surface area (Å²) >= 11 is 2.19. The second-order valence-electron chi connectivity index (χ2n) is 2.37. The van der Waals surface area contributed by atoms with Crippen molar-refractivity contribution < 1.29 is 4.79 Å². The summed E-state index contributed by atoms with van der Waals surface area (Å²) in [5.74, 6) is -0.267. The zero-order valence-corrected chi connectivity index (χ0v) is 8.91. The number of hydrogen-bond acceptors (Lipinski definition) is 1. The summed E-state index contributed by atoms with van der Waals surface area (Å²) in [7, 11) is 0. The molecular formula is C9H7IN2O. The van der Waals surface area contributed by atoms with Gasteiger partial charge >= 0.3 is 5.91 Å². The number of carbonyl (C=O) groups is 1. The molecule has 0 saturated carbocycles. The van der Waals surface area contributed by atoms with Crippen molar-refractivity contribution >= 4 is 34.2 Å². The molecular weight excluding hydrogens is 279 g/mol. The number of hydrogen-bond donors (Lipinski definition) is 1. The van der Waals surface area contributed by atoms with E-state index in [1.54, 1.807) is 0 Å². The van der Waals surface area contributed by atoms with Gasteiger partial charge in [0.2, 0.25) is 0 Å². The van der Waals surface area contributed by atoms with Crippen molar-refractivity contribution in [3.05, 3.63) is 39.3 Å². The van der Waals surface area contributed by atoms with E-state index in [1.807, 2.05) is 24.3 Å². The Morgan fingerprint density at radius 3 is 2.62 bits per heavy atom. The molecule has 0 aromatic heterocycles. The van der Waals surface area contributed by atoms with Crippen LogP contribution in [-0.4, -0.2) is 12.5 Å². The van der Waals surface area contributed by atoms with Gasteiger partial charge in [-0.3, -0.25) is 4.79 Å². The van der Waals surface area contributed by atoms with Crippen LogP contribution in [0.5, 0.6) is 0 Å². The molecule has 1 aromatic rings. The van der Waals surface area contributed by atoms with Gasteiger partial charge in [0.05, 0.1) is 0 Å². The summed E-state index contributed by atoms with van der Waals surface area (Å²) in [4.78, 5) is 14.0. The van der Waals surface area contributed by atoms with Gasteiger partial charge in [-0.15, -0.1) is 0 Å². The third-order valence-electron chi connectivity index (χ3n) is 1.35. The molecule has 0 fully saturated rings. The molecule has 0 aliphatic carbocycles. The maximum Gasteiger partial charge on any atom is 0.304 e. The number of nitrogens with zero attached hydrogens (tertiary/aromatic N) is 1. The lowest BCUT2D eigenvalue weighted by molar-refractivity contribution is -0.114. The van der Waals surface area contributed by atoms with E-state index >= 15 is 0 Å². The number of rotatable bonds is 2. The van der Waals surface area contributed by atoms with Crippen molar-refractivity contribution in [2.75, 3.05) is 11.9 Å². The fourth-order valence-corrected chi connectivity index (χ4v) is 1.17. The zero-order valence-electron chi connectivity index (χ0n) is 6.75. The van der Waals surface area contributed by atoms with Crippen molar-refractivity contribution in [1.82, 2.24) is 0 Å². The molecule has 1 aromatic carbocycles. The predicted octanol–water partition coefficient (Wildman–Crippen LogP) is 2.15. The first kappa shape index (κ1) is 9.99. The van der Waals surface area contributed by atoms with Crippen LogP contribution in [0.15, 0.2) is 24.3 Å². The highest BCUT2D eigenvalue weighted by Crippen LogP contribution is 2.10. The van der Waals surface area contributed by atoms with Crippen molar-refractivity contribution in [3.63, 3.8) is 0 Å². The quantitative estimate of drug-likeness (QED) is 0.656. The molecule has 1 rings (SSSR count). The molecule has 1 amide bonds. The molecule has 0 atom stereocenters. The number of halogens is 1. The van der Waals surface area contributed by atoms with Crippen molar-refractivity contribution in [2.24, 2.45) is 0 Å². The van der Waals surface area contributed by atoms with Gasteiger partial charge in [-0.1, -0.05) is 0 Å². The minimum atomic E-state index is -0.267. The molecule has 0 spiro atoms. The van der Waals surface area contributed by atoms with Crippen LogP contribution in [0.25, 0.3) is 4.85 Å². The lowest BCUT2D eigenvalue weighted by Crippen LogP contribution is -2.13. The number of benzene rings is 1. The maximum atomic E-state index is 11.0. The zero-order chi connectivity index (χ0) is 9.68. The Bertz CT molecular complexity index is 340. The van der Waals surface area contributed by atoms with E-state index < -0.39 is 0 Å². The molecule has 13 heavy (non-hydrogen) atoms. The Hall–Kier alpha value is -1.09. The summed E-state index contributed by atoms with van der Waals surface area (Å²) in [5.41, 5.74) is 0.731. The van der Waals surface area contributed by atoms with Gasteiger partial charge in [0.25, 0.3) is 6.54 Å². The van der Waals surface area contributed by atoms with Gasteiger partial charge in [0.1, 0.15) is 0 Å². The molecule has 0 saturated heterocycles. The Kier molecular flexibility index (Phi) is 3.71. The summed E-state index contributed by atoms with van der Waals surface area (Å²) < 4.78 is 1.11. The number of nitrogens with one attached hydrogen (secondary N) is 1. The number of carbonyl (C=O) groups excluding carboxylic acids is 1. The lowest BCUT2D eigenvalue weighted by atomic mass is 10.3. The highest BCUT2D eigenvalue weighted by molar-refractivity contribution is 14.1. The fraction of sp³-hybridized carbons (Fsp3) is 0.111. The fourth-order valence-electron chi connectivity index (χ4n) is 0.806. The second kappa shape index (κ2) is 4.82. The first-order valence-corrected chi connectivity index (χ1v) is 4.69.